The van der Waals surface area contributed by atoms with E-state index in [-0.39, 0.29) is 29.5 Å². The van der Waals surface area contributed by atoms with E-state index in [1.165, 1.54) is 17.8 Å². The lowest BCUT2D eigenvalue weighted by Gasteiger charge is -2.24. The Morgan fingerprint density at radius 2 is 2.03 bits per heavy atom. The van der Waals surface area contributed by atoms with Crippen molar-refractivity contribution in [3.63, 3.8) is 0 Å². The molecule has 0 saturated heterocycles. The van der Waals surface area contributed by atoms with Gasteiger partial charge in [0.2, 0.25) is 5.91 Å². The molecule has 6 nitrogen and oxygen atoms in total. The summed E-state index contributed by atoms with van der Waals surface area (Å²) in [5.41, 5.74) is 1.43. The second-order valence-corrected chi connectivity index (χ2v) is 7.79. The van der Waals surface area contributed by atoms with Crippen LogP contribution in [0.3, 0.4) is 0 Å². The molecule has 0 saturated carbocycles. The van der Waals surface area contributed by atoms with Gasteiger partial charge in [0.15, 0.2) is 5.16 Å². The van der Waals surface area contributed by atoms with Gasteiger partial charge < -0.3 is 15.0 Å². The van der Waals surface area contributed by atoms with Gasteiger partial charge in [-0.05, 0) is 36.2 Å². The van der Waals surface area contributed by atoms with Crippen molar-refractivity contribution in [1.29, 1.82) is 0 Å². The van der Waals surface area contributed by atoms with Gasteiger partial charge in [0.05, 0.1) is 12.2 Å². The number of carbonyl (C=O) groups excluding carboxylic acids is 1. The van der Waals surface area contributed by atoms with Crippen LogP contribution in [-0.4, -0.2) is 22.5 Å². The number of benzene rings is 2. The van der Waals surface area contributed by atoms with Crippen molar-refractivity contribution in [3.8, 4) is 5.75 Å². The van der Waals surface area contributed by atoms with Gasteiger partial charge in [0.1, 0.15) is 17.4 Å². The largest absolute Gasteiger partial charge is 0.494 e. The number of halogens is 1. The molecule has 2 aromatic carbocycles. The van der Waals surface area contributed by atoms with Crippen LogP contribution in [0.2, 0.25) is 0 Å². The summed E-state index contributed by atoms with van der Waals surface area (Å²) in [4.78, 5) is 32.4. The molecule has 2 heterocycles. The summed E-state index contributed by atoms with van der Waals surface area (Å²) >= 11 is 1.20. The maximum Gasteiger partial charge on any atom is 0.257 e. The van der Waals surface area contributed by atoms with Crippen LogP contribution in [-0.2, 0) is 10.5 Å². The van der Waals surface area contributed by atoms with Crippen molar-refractivity contribution >= 4 is 23.5 Å². The van der Waals surface area contributed by atoms with E-state index in [4.69, 9.17) is 4.74 Å². The molecule has 0 fully saturated rings. The number of fused-ring (bicyclic) bond motifs is 1. The van der Waals surface area contributed by atoms with Crippen LogP contribution in [0.15, 0.2) is 58.5 Å². The maximum absolute atomic E-state index is 13.8. The number of amides is 1. The third-order valence-corrected chi connectivity index (χ3v) is 5.75. The second kappa shape index (κ2) is 8.71. The van der Waals surface area contributed by atoms with Gasteiger partial charge in [-0.15, -0.1) is 0 Å². The number of nitrogens with one attached hydrogen (secondary N) is 2. The molecule has 1 amide bonds. The highest BCUT2D eigenvalue weighted by Crippen LogP contribution is 2.35. The van der Waals surface area contributed by atoms with E-state index in [0.717, 1.165) is 5.56 Å². The third kappa shape index (κ3) is 4.23. The highest BCUT2D eigenvalue weighted by Gasteiger charge is 2.31. The Labute approximate surface area is 176 Å². The second-order valence-electron chi connectivity index (χ2n) is 6.82. The normalized spacial score (nSPS) is 15.4. The van der Waals surface area contributed by atoms with Crippen molar-refractivity contribution in [2.24, 2.45) is 0 Å². The summed E-state index contributed by atoms with van der Waals surface area (Å²) in [6.45, 7) is 2.42. The zero-order valence-electron chi connectivity index (χ0n) is 16.3. The van der Waals surface area contributed by atoms with Gasteiger partial charge in [0, 0.05) is 18.1 Å². The first-order valence-corrected chi connectivity index (χ1v) is 10.6. The quantitative estimate of drug-likeness (QED) is 0.459. The van der Waals surface area contributed by atoms with E-state index in [2.05, 4.69) is 15.3 Å². The Hall–Kier alpha value is -3.13. The van der Waals surface area contributed by atoms with Crippen LogP contribution >= 0.6 is 11.8 Å². The molecule has 0 bridgehead atoms. The summed E-state index contributed by atoms with van der Waals surface area (Å²) in [7, 11) is 0. The number of aromatic nitrogens is 2. The Balaban J connectivity index is 1.65. The minimum Gasteiger partial charge on any atom is -0.494 e. The molecule has 154 valence electrons. The fourth-order valence-electron chi connectivity index (χ4n) is 3.45. The Morgan fingerprint density at radius 3 is 2.83 bits per heavy atom. The van der Waals surface area contributed by atoms with Crippen LogP contribution in [0.5, 0.6) is 5.75 Å². The number of carbonyl (C=O) groups is 1. The van der Waals surface area contributed by atoms with Gasteiger partial charge in [-0.1, -0.05) is 42.1 Å². The highest BCUT2D eigenvalue weighted by atomic mass is 32.2. The predicted octanol–water partition coefficient (Wildman–Crippen LogP) is 4.07. The van der Waals surface area contributed by atoms with Crippen LogP contribution in [0.4, 0.5) is 10.2 Å². The number of nitrogens with zero attached hydrogens (tertiary/aromatic N) is 1. The first-order chi connectivity index (χ1) is 14.5. The summed E-state index contributed by atoms with van der Waals surface area (Å²) in [5, 5.41) is 3.03. The minimum absolute atomic E-state index is 0.148. The fraction of sp³-hybridized carbons (Fsp3) is 0.227. The average Bonchev–Trinajstić information content (AvgIpc) is 2.73. The lowest BCUT2D eigenvalue weighted by Crippen LogP contribution is -2.31. The molecule has 2 N–H and O–H groups in total. The molecule has 8 heteroatoms. The fourth-order valence-corrected chi connectivity index (χ4v) is 4.30. The average molecular weight is 425 g/mol. The summed E-state index contributed by atoms with van der Waals surface area (Å²) < 4.78 is 19.4. The number of hydrogen-bond donors (Lipinski definition) is 2. The third-order valence-electron chi connectivity index (χ3n) is 4.82. The first-order valence-electron chi connectivity index (χ1n) is 9.58. The molecule has 30 heavy (non-hydrogen) atoms. The minimum atomic E-state index is -0.420. The zero-order valence-corrected chi connectivity index (χ0v) is 17.1. The van der Waals surface area contributed by atoms with Gasteiger partial charge >= 0.3 is 0 Å². The molecule has 1 aromatic heterocycles. The Morgan fingerprint density at radius 1 is 1.20 bits per heavy atom. The molecule has 4 rings (SSSR count). The summed E-state index contributed by atoms with van der Waals surface area (Å²) in [5.74, 6) is 0.297. The molecule has 0 spiro atoms. The van der Waals surface area contributed by atoms with Gasteiger partial charge in [-0.3, -0.25) is 9.59 Å². The van der Waals surface area contributed by atoms with E-state index < -0.39 is 5.92 Å². The SMILES string of the molecule is CCOc1cccc(C2CC(=O)Nc3nc(SCc4ccccc4F)[nH]c(=O)c32)c1. The van der Waals surface area contributed by atoms with E-state index in [0.29, 0.717) is 34.4 Å². The monoisotopic (exact) mass is 425 g/mol. The van der Waals surface area contributed by atoms with Crippen molar-refractivity contribution < 1.29 is 13.9 Å². The smallest absolute Gasteiger partial charge is 0.257 e. The van der Waals surface area contributed by atoms with Crippen molar-refractivity contribution in [1.82, 2.24) is 9.97 Å². The van der Waals surface area contributed by atoms with Crippen molar-refractivity contribution in [2.45, 2.75) is 30.2 Å². The number of hydrogen-bond acceptors (Lipinski definition) is 5. The molecule has 0 radical (unpaired) electrons. The molecule has 3 aromatic rings. The van der Waals surface area contributed by atoms with E-state index in [1.54, 1.807) is 18.2 Å². The van der Waals surface area contributed by atoms with Gasteiger partial charge in [-0.2, -0.15) is 0 Å². The molecule has 1 aliphatic rings. The topological polar surface area (TPSA) is 84.1 Å². The van der Waals surface area contributed by atoms with Crippen LogP contribution in [0, 0.1) is 5.82 Å². The van der Waals surface area contributed by atoms with Gasteiger partial charge in [-0.25, -0.2) is 9.37 Å². The van der Waals surface area contributed by atoms with Gasteiger partial charge in [0.25, 0.3) is 5.56 Å². The number of anilines is 1. The Bertz CT molecular complexity index is 1150. The molecule has 1 atom stereocenters. The number of ether oxygens (including phenoxy) is 1. The van der Waals surface area contributed by atoms with E-state index in [9.17, 15) is 14.0 Å². The highest BCUT2D eigenvalue weighted by molar-refractivity contribution is 7.98. The lowest BCUT2D eigenvalue weighted by molar-refractivity contribution is -0.116. The van der Waals surface area contributed by atoms with Crippen molar-refractivity contribution in [2.75, 3.05) is 11.9 Å². The standard InChI is InChI=1S/C22H20FN3O3S/c1-2-29-15-8-5-7-13(10-15)16-11-18(27)24-20-19(16)21(28)26-22(25-20)30-12-14-6-3-4-9-17(14)23/h3-10,16H,2,11-12H2,1H3,(H2,24,25,26,27,28). The summed E-state index contributed by atoms with van der Waals surface area (Å²) in [6.07, 6.45) is 0.148. The molecular weight excluding hydrogens is 405 g/mol. The van der Waals surface area contributed by atoms with Crippen LogP contribution in [0.1, 0.15) is 36.0 Å². The first kappa shape index (κ1) is 20.2. The molecule has 1 aliphatic heterocycles. The number of rotatable bonds is 6. The van der Waals surface area contributed by atoms with Crippen LogP contribution < -0.4 is 15.6 Å². The zero-order chi connectivity index (χ0) is 21.1. The maximum atomic E-state index is 13.8. The number of H-pyrrole nitrogens is 1. The lowest BCUT2D eigenvalue weighted by atomic mass is 9.87. The van der Waals surface area contributed by atoms with Crippen molar-refractivity contribution in [3.05, 3.63) is 81.4 Å². The number of aromatic amines is 1. The van der Waals surface area contributed by atoms with E-state index >= 15 is 0 Å². The molecular formula is C22H20FN3O3S. The number of thioether (sulfide) groups is 1. The summed E-state index contributed by atoms with van der Waals surface area (Å²) in [6, 6.07) is 13.8. The van der Waals surface area contributed by atoms with Crippen LogP contribution in [0.25, 0.3) is 0 Å². The molecule has 1 unspecified atom stereocenters. The van der Waals surface area contributed by atoms with E-state index in [1.807, 2.05) is 31.2 Å². The molecule has 0 aliphatic carbocycles. The Kier molecular flexibility index (Phi) is 5.85. The predicted molar refractivity (Wildman–Crippen MR) is 114 cm³/mol.